The highest BCUT2D eigenvalue weighted by Crippen LogP contribution is 2.42. The minimum atomic E-state index is -4.84. The summed E-state index contributed by atoms with van der Waals surface area (Å²) in [5, 5.41) is 14.8. The van der Waals surface area contributed by atoms with Gasteiger partial charge in [0.25, 0.3) is 5.91 Å². The number of alkyl halides is 3. The molecular formula is C30H32F3N9O5. The first kappa shape index (κ1) is 31.9. The first-order valence-corrected chi connectivity index (χ1v) is 15.0. The van der Waals surface area contributed by atoms with Gasteiger partial charge in [-0.2, -0.15) is 23.0 Å². The molecule has 0 radical (unpaired) electrons. The summed E-state index contributed by atoms with van der Waals surface area (Å²) in [6, 6.07) is 2.85. The molecule has 0 aliphatic heterocycles. The number of nitrogens with two attached hydrogens (primary N) is 1. The van der Waals surface area contributed by atoms with Crippen molar-refractivity contribution in [3.63, 3.8) is 0 Å². The summed E-state index contributed by atoms with van der Waals surface area (Å²) in [7, 11) is 1.42. The molecule has 3 heterocycles. The van der Waals surface area contributed by atoms with Crippen LogP contribution >= 0.6 is 0 Å². The predicted octanol–water partition coefficient (Wildman–Crippen LogP) is 3.17. The number of ketones is 1. The fourth-order valence-electron chi connectivity index (χ4n) is 6.47. The van der Waals surface area contributed by atoms with Crippen LogP contribution in [-0.2, 0) is 24.4 Å². The number of hydrogen-bond donors (Lipinski definition) is 2. The Morgan fingerprint density at radius 1 is 1.11 bits per heavy atom. The van der Waals surface area contributed by atoms with E-state index < -0.39 is 52.3 Å². The molecule has 1 amide bonds. The van der Waals surface area contributed by atoms with Gasteiger partial charge in [0.15, 0.2) is 22.8 Å². The highest BCUT2D eigenvalue weighted by atomic mass is 19.4. The molecule has 0 bridgehead atoms. The Labute approximate surface area is 265 Å². The van der Waals surface area contributed by atoms with Crippen molar-refractivity contribution in [2.45, 2.75) is 77.6 Å². The van der Waals surface area contributed by atoms with E-state index in [1.807, 2.05) is 13.8 Å². The van der Waals surface area contributed by atoms with Gasteiger partial charge in [-0.15, -0.1) is 5.10 Å². The van der Waals surface area contributed by atoms with Crippen LogP contribution < -0.4 is 16.7 Å². The number of imidazole rings is 1. The van der Waals surface area contributed by atoms with Gasteiger partial charge in [-0.05, 0) is 62.1 Å². The fourth-order valence-corrected chi connectivity index (χ4v) is 6.47. The van der Waals surface area contributed by atoms with Gasteiger partial charge in [0.2, 0.25) is 0 Å². The maximum Gasteiger partial charge on any atom is 0.435 e. The van der Waals surface area contributed by atoms with E-state index in [4.69, 9.17) is 10.5 Å². The Balaban J connectivity index is 1.23. The Bertz CT molecular complexity index is 2000. The number of Topliss-reactive ketones (excluding diaryl/α,β-unsaturated/α-hetero) is 1. The Hall–Kier alpha value is -5.09. The van der Waals surface area contributed by atoms with Crippen molar-refractivity contribution < 1.29 is 32.3 Å². The number of amides is 1. The molecule has 1 aromatic carbocycles. The van der Waals surface area contributed by atoms with E-state index in [0.29, 0.717) is 36.9 Å². The average Bonchev–Trinajstić information content (AvgIpc) is 3.58. The van der Waals surface area contributed by atoms with E-state index in [-0.39, 0.29) is 47.2 Å². The number of primary amides is 1. The molecule has 4 aromatic rings. The standard InChI is InChI=1S/C30H32F3N9O5/c1-14-9-16(42-19-11-29(2,3)12-20(43)22(19)24(38-42)30(31,32)33)10-18(21(14)25(34)44)36-15-5-7-17(8-6-15)47-27(45)23-26-37-39-40(4)28(46)41(26)13-35-23/h9-10,13,15,17,36H,5-8,11-12H2,1-4H3,(H2,34,44). The number of nitrogens with one attached hydrogen (secondary N) is 1. The molecule has 6 rings (SSSR count). The number of aryl methyl sites for hydroxylation is 2. The van der Waals surface area contributed by atoms with Gasteiger partial charge in [-0.1, -0.05) is 19.1 Å². The zero-order chi connectivity index (χ0) is 34.0. The quantitative estimate of drug-likeness (QED) is 0.293. The smallest absolute Gasteiger partial charge is 0.435 e. The molecule has 17 heteroatoms. The molecular weight excluding hydrogens is 623 g/mol. The van der Waals surface area contributed by atoms with E-state index in [1.54, 1.807) is 6.92 Å². The largest absolute Gasteiger partial charge is 0.458 e. The van der Waals surface area contributed by atoms with Crippen LogP contribution in [0.2, 0.25) is 0 Å². The second-order valence-corrected chi connectivity index (χ2v) is 12.9. The van der Waals surface area contributed by atoms with E-state index in [1.165, 1.54) is 25.5 Å². The third-order valence-corrected chi connectivity index (χ3v) is 8.62. The number of ether oxygens (including phenoxy) is 1. The summed E-state index contributed by atoms with van der Waals surface area (Å²) in [6.45, 7) is 5.25. The van der Waals surface area contributed by atoms with Crippen molar-refractivity contribution in [1.29, 1.82) is 0 Å². The maximum absolute atomic E-state index is 14.0. The number of benzene rings is 1. The SMILES string of the molecule is Cc1cc(-n2nc(C(F)(F)F)c3c2CC(C)(C)CC3=O)cc(NC2CCC(OC(=O)c3ncn4c(=O)n(C)nnc34)CC2)c1C(N)=O. The van der Waals surface area contributed by atoms with Crippen LogP contribution in [0.25, 0.3) is 11.3 Å². The number of halogens is 3. The molecule has 3 aromatic heterocycles. The minimum absolute atomic E-state index is 0.0172. The second-order valence-electron chi connectivity index (χ2n) is 12.9. The number of carbonyl (C=O) groups is 3. The van der Waals surface area contributed by atoms with Crippen molar-refractivity contribution in [3.05, 3.63) is 62.7 Å². The van der Waals surface area contributed by atoms with Crippen molar-refractivity contribution in [2.24, 2.45) is 18.2 Å². The molecule has 1 fully saturated rings. The molecule has 14 nitrogen and oxygen atoms in total. The van der Waals surface area contributed by atoms with Crippen LogP contribution in [0.15, 0.2) is 23.3 Å². The fraction of sp³-hybridized carbons (Fsp3) is 0.467. The number of esters is 1. The lowest BCUT2D eigenvalue weighted by molar-refractivity contribution is -0.141. The second kappa shape index (κ2) is 11.3. The van der Waals surface area contributed by atoms with Crippen LogP contribution in [0.5, 0.6) is 0 Å². The number of hydrogen-bond acceptors (Lipinski definition) is 10. The number of nitrogens with zero attached hydrogens (tertiary/aromatic N) is 7. The van der Waals surface area contributed by atoms with Gasteiger partial charge in [-0.25, -0.2) is 23.7 Å². The molecule has 0 saturated heterocycles. The number of anilines is 1. The van der Waals surface area contributed by atoms with Gasteiger partial charge < -0.3 is 15.8 Å². The van der Waals surface area contributed by atoms with Crippen molar-refractivity contribution in [1.82, 2.24) is 34.2 Å². The van der Waals surface area contributed by atoms with Gasteiger partial charge in [0.1, 0.15) is 12.4 Å². The summed E-state index contributed by atoms with van der Waals surface area (Å²) in [5.74, 6) is -2.08. The topological polar surface area (TPSA) is 181 Å². The number of fused-ring (bicyclic) bond motifs is 2. The molecule has 0 atom stereocenters. The Morgan fingerprint density at radius 2 is 1.81 bits per heavy atom. The van der Waals surface area contributed by atoms with E-state index >= 15 is 0 Å². The Morgan fingerprint density at radius 3 is 2.47 bits per heavy atom. The lowest BCUT2D eigenvalue weighted by Gasteiger charge is -2.31. The molecule has 3 N–H and O–H groups in total. The third kappa shape index (κ3) is 5.85. The molecule has 0 unspecified atom stereocenters. The van der Waals surface area contributed by atoms with E-state index in [2.05, 4.69) is 25.7 Å². The summed E-state index contributed by atoms with van der Waals surface area (Å²) in [4.78, 5) is 54.5. The summed E-state index contributed by atoms with van der Waals surface area (Å²) in [5.41, 5.74) is 4.15. The first-order chi connectivity index (χ1) is 22.0. The first-order valence-electron chi connectivity index (χ1n) is 15.0. The zero-order valence-electron chi connectivity index (χ0n) is 26.0. The van der Waals surface area contributed by atoms with Crippen LogP contribution in [0.1, 0.15) is 94.1 Å². The minimum Gasteiger partial charge on any atom is -0.458 e. The molecule has 1 saturated carbocycles. The van der Waals surface area contributed by atoms with Crippen molar-refractivity contribution >= 4 is 29.0 Å². The van der Waals surface area contributed by atoms with Crippen LogP contribution in [-0.4, -0.2) is 64.0 Å². The van der Waals surface area contributed by atoms with Gasteiger partial charge in [0.05, 0.1) is 22.5 Å². The number of aromatic nitrogens is 7. The van der Waals surface area contributed by atoms with Crippen molar-refractivity contribution in [3.8, 4) is 5.69 Å². The van der Waals surface area contributed by atoms with E-state index in [0.717, 1.165) is 13.8 Å². The van der Waals surface area contributed by atoms with Gasteiger partial charge >= 0.3 is 17.8 Å². The van der Waals surface area contributed by atoms with Gasteiger partial charge in [-0.3, -0.25) is 9.59 Å². The maximum atomic E-state index is 14.0. The zero-order valence-corrected chi connectivity index (χ0v) is 26.0. The third-order valence-electron chi connectivity index (χ3n) is 8.62. The molecule has 248 valence electrons. The monoisotopic (exact) mass is 655 g/mol. The lowest BCUT2D eigenvalue weighted by Crippen LogP contribution is -2.32. The molecule has 2 aliphatic rings. The summed E-state index contributed by atoms with van der Waals surface area (Å²) < 4.78 is 51.0. The molecule has 47 heavy (non-hydrogen) atoms. The molecule has 2 aliphatic carbocycles. The lowest BCUT2D eigenvalue weighted by atomic mass is 9.75. The van der Waals surface area contributed by atoms with Crippen LogP contribution in [0.3, 0.4) is 0 Å². The average molecular weight is 656 g/mol. The normalized spacial score (nSPS) is 19.4. The van der Waals surface area contributed by atoms with Crippen LogP contribution in [0.4, 0.5) is 18.9 Å². The number of carbonyl (C=O) groups excluding carboxylic acids is 3. The predicted molar refractivity (Wildman–Crippen MR) is 159 cm³/mol. The van der Waals surface area contributed by atoms with Gasteiger partial charge in [0, 0.05) is 25.2 Å². The number of rotatable bonds is 6. The summed E-state index contributed by atoms with van der Waals surface area (Å²) in [6.07, 6.45) is -2.03. The van der Waals surface area contributed by atoms with Crippen molar-refractivity contribution in [2.75, 3.05) is 5.32 Å². The summed E-state index contributed by atoms with van der Waals surface area (Å²) >= 11 is 0. The van der Waals surface area contributed by atoms with E-state index in [9.17, 15) is 32.3 Å². The highest BCUT2D eigenvalue weighted by molar-refractivity contribution is 6.01. The highest BCUT2D eigenvalue weighted by Gasteiger charge is 2.45. The Kier molecular flexibility index (Phi) is 7.67. The van der Waals surface area contributed by atoms with Crippen LogP contribution in [0, 0.1) is 12.3 Å². The molecule has 0 spiro atoms.